The fourth-order valence-corrected chi connectivity index (χ4v) is 1.54. The van der Waals surface area contributed by atoms with Crippen LogP contribution in [-0.4, -0.2) is 9.78 Å². The van der Waals surface area contributed by atoms with Gasteiger partial charge in [-0.15, -0.1) is 0 Å². The highest BCUT2D eigenvalue weighted by molar-refractivity contribution is 5.39. The number of hydrogen-bond acceptors (Lipinski definition) is 2. The minimum Gasteiger partial charge on any atom is -0.378 e. The molecule has 2 aromatic rings. The first-order valence-corrected chi connectivity index (χ1v) is 5.38. The maximum absolute atomic E-state index is 12.9. The van der Waals surface area contributed by atoms with Crippen molar-refractivity contribution < 1.29 is 8.78 Å². The van der Waals surface area contributed by atoms with Crippen molar-refractivity contribution in [2.24, 2.45) is 0 Å². The van der Waals surface area contributed by atoms with E-state index >= 15 is 0 Å². The topological polar surface area (TPSA) is 29.9 Å². The normalized spacial score (nSPS) is 10.5. The Morgan fingerprint density at radius 1 is 1.24 bits per heavy atom. The molecule has 0 spiro atoms. The lowest BCUT2D eigenvalue weighted by atomic mass is 10.2. The molecule has 2 rings (SSSR count). The number of nitrogens with one attached hydrogen (secondary N) is 1. The van der Waals surface area contributed by atoms with Crippen LogP contribution < -0.4 is 5.32 Å². The molecule has 1 N–H and O–H groups in total. The van der Waals surface area contributed by atoms with E-state index in [1.54, 1.807) is 10.9 Å². The van der Waals surface area contributed by atoms with Crippen molar-refractivity contribution in [1.29, 1.82) is 0 Å². The summed E-state index contributed by atoms with van der Waals surface area (Å²) in [6.07, 6.45) is 3.52. The zero-order chi connectivity index (χ0) is 12.3. The molecule has 1 heterocycles. The molecule has 1 aromatic heterocycles. The molecule has 0 unspecified atom stereocenters. The second-order valence-electron chi connectivity index (χ2n) is 3.72. The van der Waals surface area contributed by atoms with Crippen LogP contribution in [0.3, 0.4) is 0 Å². The average molecular weight is 237 g/mol. The zero-order valence-corrected chi connectivity index (χ0v) is 9.45. The molecule has 0 fully saturated rings. The predicted octanol–water partition coefficient (Wildman–Crippen LogP) is 2.79. The fourth-order valence-electron chi connectivity index (χ4n) is 1.54. The van der Waals surface area contributed by atoms with Crippen LogP contribution in [0, 0.1) is 11.6 Å². The molecule has 1 aromatic carbocycles. The fraction of sp³-hybridized carbons (Fsp3) is 0.250. The van der Waals surface area contributed by atoms with E-state index in [0.29, 0.717) is 12.1 Å². The van der Waals surface area contributed by atoms with Gasteiger partial charge in [0.25, 0.3) is 0 Å². The summed E-state index contributed by atoms with van der Waals surface area (Å²) in [7, 11) is 0. The summed E-state index contributed by atoms with van der Waals surface area (Å²) in [5.74, 6) is -1.13. The number of aromatic nitrogens is 2. The van der Waals surface area contributed by atoms with Crippen molar-refractivity contribution in [2.75, 3.05) is 5.32 Å². The third-order valence-electron chi connectivity index (χ3n) is 2.38. The highest BCUT2D eigenvalue weighted by Crippen LogP contribution is 2.11. The number of nitrogens with zero attached hydrogens (tertiary/aromatic N) is 2. The highest BCUT2D eigenvalue weighted by atomic mass is 19.1. The van der Waals surface area contributed by atoms with E-state index in [2.05, 4.69) is 10.4 Å². The molecule has 0 saturated heterocycles. The first-order chi connectivity index (χ1) is 8.17. The summed E-state index contributed by atoms with van der Waals surface area (Å²) < 4.78 is 27.6. The van der Waals surface area contributed by atoms with E-state index in [0.717, 1.165) is 18.3 Å². The van der Waals surface area contributed by atoms with Gasteiger partial charge in [-0.2, -0.15) is 5.10 Å². The third-order valence-corrected chi connectivity index (χ3v) is 2.38. The molecule has 3 nitrogen and oxygen atoms in total. The van der Waals surface area contributed by atoms with Gasteiger partial charge in [0, 0.05) is 25.4 Å². The Hall–Kier alpha value is -1.91. The van der Waals surface area contributed by atoms with Crippen LogP contribution >= 0.6 is 0 Å². The molecule has 0 bridgehead atoms. The van der Waals surface area contributed by atoms with E-state index in [-0.39, 0.29) is 0 Å². The lowest BCUT2D eigenvalue weighted by molar-refractivity contribution is 0.580. The predicted molar refractivity (Wildman–Crippen MR) is 61.6 cm³/mol. The van der Waals surface area contributed by atoms with Crippen LogP contribution in [0.5, 0.6) is 0 Å². The van der Waals surface area contributed by atoms with Crippen LogP contribution in [0.4, 0.5) is 14.5 Å². The van der Waals surface area contributed by atoms with Crippen LogP contribution in [0.1, 0.15) is 12.5 Å². The number of aryl methyl sites for hydroxylation is 1. The van der Waals surface area contributed by atoms with Crippen molar-refractivity contribution in [3.05, 3.63) is 47.8 Å². The molecule has 0 atom stereocenters. The van der Waals surface area contributed by atoms with E-state index in [1.807, 2.05) is 13.1 Å². The first-order valence-electron chi connectivity index (χ1n) is 5.38. The second kappa shape index (κ2) is 4.95. The van der Waals surface area contributed by atoms with Crippen LogP contribution in [0.15, 0.2) is 30.6 Å². The monoisotopic (exact) mass is 237 g/mol. The number of halogens is 2. The van der Waals surface area contributed by atoms with Gasteiger partial charge < -0.3 is 5.32 Å². The number of hydrogen-bond donors (Lipinski definition) is 1. The Morgan fingerprint density at radius 3 is 2.53 bits per heavy atom. The number of rotatable bonds is 4. The second-order valence-corrected chi connectivity index (χ2v) is 3.72. The molecule has 0 radical (unpaired) electrons. The van der Waals surface area contributed by atoms with Gasteiger partial charge in [-0.1, -0.05) is 0 Å². The van der Waals surface area contributed by atoms with E-state index in [4.69, 9.17) is 0 Å². The van der Waals surface area contributed by atoms with Gasteiger partial charge in [0.1, 0.15) is 11.6 Å². The molecule has 5 heteroatoms. The van der Waals surface area contributed by atoms with Crippen LogP contribution in [-0.2, 0) is 13.1 Å². The summed E-state index contributed by atoms with van der Waals surface area (Å²) in [5.41, 5.74) is 1.39. The maximum atomic E-state index is 12.9. The summed E-state index contributed by atoms with van der Waals surface area (Å²) in [4.78, 5) is 0. The lowest BCUT2D eigenvalue weighted by Gasteiger charge is -2.04. The standard InChI is InChI=1S/C12H13F2N3/c1-2-17-8-12(7-16-17)15-6-9-3-10(13)5-11(14)4-9/h3-5,7-8,15H,2,6H2,1H3. The Bertz CT molecular complexity index is 488. The van der Waals surface area contributed by atoms with Crippen molar-refractivity contribution in [2.45, 2.75) is 20.0 Å². The number of benzene rings is 1. The van der Waals surface area contributed by atoms with Crippen molar-refractivity contribution >= 4 is 5.69 Å². The van der Waals surface area contributed by atoms with Crippen LogP contribution in [0.2, 0.25) is 0 Å². The summed E-state index contributed by atoms with van der Waals surface area (Å²) in [6, 6.07) is 3.47. The SMILES string of the molecule is CCn1cc(NCc2cc(F)cc(F)c2)cn1. The molecule has 0 aliphatic heterocycles. The summed E-state index contributed by atoms with van der Waals surface area (Å²) >= 11 is 0. The largest absolute Gasteiger partial charge is 0.378 e. The minimum absolute atomic E-state index is 0.365. The minimum atomic E-state index is -0.564. The summed E-state index contributed by atoms with van der Waals surface area (Å²) in [5, 5.41) is 7.14. The Balaban J connectivity index is 2.01. The van der Waals surface area contributed by atoms with Gasteiger partial charge in [0.15, 0.2) is 0 Å². The Kier molecular flexibility index (Phi) is 3.37. The smallest absolute Gasteiger partial charge is 0.126 e. The van der Waals surface area contributed by atoms with Gasteiger partial charge >= 0.3 is 0 Å². The maximum Gasteiger partial charge on any atom is 0.126 e. The van der Waals surface area contributed by atoms with Crippen molar-refractivity contribution in [3.8, 4) is 0 Å². The molecule has 17 heavy (non-hydrogen) atoms. The quantitative estimate of drug-likeness (QED) is 0.886. The van der Waals surface area contributed by atoms with E-state index in [9.17, 15) is 8.78 Å². The molecular formula is C12H13F2N3. The van der Waals surface area contributed by atoms with Crippen molar-refractivity contribution in [3.63, 3.8) is 0 Å². The Morgan fingerprint density at radius 2 is 1.94 bits per heavy atom. The van der Waals surface area contributed by atoms with Gasteiger partial charge in [0.05, 0.1) is 11.9 Å². The Labute approximate surface area is 98.1 Å². The van der Waals surface area contributed by atoms with Gasteiger partial charge in [-0.3, -0.25) is 4.68 Å². The van der Waals surface area contributed by atoms with Gasteiger partial charge in [-0.25, -0.2) is 8.78 Å². The molecular weight excluding hydrogens is 224 g/mol. The lowest BCUT2D eigenvalue weighted by Crippen LogP contribution is -2.00. The molecule has 0 aliphatic carbocycles. The highest BCUT2D eigenvalue weighted by Gasteiger charge is 2.01. The van der Waals surface area contributed by atoms with Crippen LogP contribution in [0.25, 0.3) is 0 Å². The molecule has 0 amide bonds. The van der Waals surface area contributed by atoms with Crippen molar-refractivity contribution in [1.82, 2.24) is 9.78 Å². The van der Waals surface area contributed by atoms with E-state index in [1.165, 1.54) is 12.1 Å². The third kappa shape index (κ3) is 3.03. The molecule has 0 aliphatic rings. The first kappa shape index (κ1) is 11.6. The summed E-state index contributed by atoms with van der Waals surface area (Å²) in [6.45, 7) is 3.14. The molecule has 0 saturated carbocycles. The number of anilines is 1. The van der Waals surface area contributed by atoms with Gasteiger partial charge in [0.2, 0.25) is 0 Å². The average Bonchev–Trinajstić information content (AvgIpc) is 2.73. The zero-order valence-electron chi connectivity index (χ0n) is 9.45. The molecule has 90 valence electrons. The van der Waals surface area contributed by atoms with E-state index < -0.39 is 11.6 Å². The van der Waals surface area contributed by atoms with Gasteiger partial charge in [-0.05, 0) is 24.6 Å².